The molecule has 2 aromatic rings. The van der Waals surface area contributed by atoms with E-state index >= 15 is 0 Å². The zero-order valence-corrected chi connectivity index (χ0v) is 10.8. The van der Waals surface area contributed by atoms with E-state index in [0.717, 1.165) is 23.1 Å². The first-order valence-electron chi connectivity index (χ1n) is 6.01. The van der Waals surface area contributed by atoms with Crippen LogP contribution in [0.25, 0.3) is 10.9 Å². The Morgan fingerprint density at radius 2 is 2.11 bits per heavy atom. The predicted octanol–water partition coefficient (Wildman–Crippen LogP) is 1.64. The number of likely N-dealkylation sites (N-methyl/N-ethyl adjacent to an activating group) is 1. The van der Waals surface area contributed by atoms with Crippen LogP contribution >= 0.6 is 0 Å². The van der Waals surface area contributed by atoms with Crippen molar-refractivity contribution in [1.82, 2.24) is 4.98 Å². The molecule has 1 atom stereocenters. The van der Waals surface area contributed by atoms with Crippen molar-refractivity contribution in [3.8, 4) is 0 Å². The van der Waals surface area contributed by atoms with Gasteiger partial charge < -0.3 is 15.4 Å². The van der Waals surface area contributed by atoms with Gasteiger partial charge in [-0.3, -0.25) is 4.98 Å². The lowest BCUT2D eigenvalue weighted by Gasteiger charge is -2.24. The molecule has 0 aliphatic heterocycles. The number of fused-ring (bicyclic) bond motifs is 1. The molecule has 0 fully saturated rings. The van der Waals surface area contributed by atoms with Gasteiger partial charge in [0, 0.05) is 44.0 Å². The maximum Gasteiger partial charge on any atom is 0.0722 e. The number of rotatable bonds is 5. The Kier molecular flexibility index (Phi) is 4.12. The third-order valence-corrected chi connectivity index (χ3v) is 2.93. The van der Waals surface area contributed by atoms with E-state index in [1.807, 2.05) is 37.5 Å². The first-order valence-corrected chi connectivity index (χ1v) is 6.01. The van der Waals surface area contributed by atoms with Gasteiger partial charge >= 0.3 is 0 Å². The minimum Gasteiger partial charge on any atom is -0.383 e. The Labute approximate surface area is 107 Å². The molecule has 0 saturated heterocycles. The highest BCUT2D eigenvalue weighted by molar-refractivity contribution is 5.91. The predicted molar refractivity (Wildman–Crippen MR) is 74.9 cm³/mol. The second-order valence-electron chi connectivity index (χ2n) is 4.44. The minimum absolute atomic E-state index is 0.00641. The molecule has 18 heavy (non-hydrogen) atoms. The molecule has 0 bridgehead atoms. The zero-order chi connectivity index (χ0) is 13.0. The number of ether oxygens (including phenoxy) is 1. The number of para-hydroxylation sites is 1. The summed E-state index contributed by atoms with van der Waals surface area (Å²) in [6.45, 7) is 1.31. The average Bonchev–Trinajstić information content (AvgIpc) is 2.38. The van der Waals surface area contributed by atoms with Gasteiger partial charge in [-0.1, -0.05) is 18.2 Å². The van der Waals surface area contributed by atoms with E-state index in [-0.39, 0.29) is 6.04 Å². The summed E-state index contributed by atoms with van der Waals surface area (Å²) in [6.07, 6.45) is 1.83. The molecule has 4 nitrogen and oxygen atoms in total. The van der Waals surface area contributed by atoms with E-state index in [2.05, 4.69) is 16.0 Å². The summed E-state index contributed by atoms with van der Waals surface area (Å²) in [4.78, 5) is 6.50. The van der Waals surface area contributed by atoms with Crippen molar-refractivity contribution < 1.29 is 4.74 Å². The molecule has 1 unspecified atom stereocenters. The summed E-state index contributed by atoms with van der Waals surface area (Å²) >= 11 is 0. The molecule has 96 valence electrons. The Bertz CT molecular complexity index is 510. The number of methoxy groups -OCH3 is 1. The van der Waals surface area contributed by atoms with E-state index in [1.165, 1.54) is 0 Å². The summed E-state index contributed by atoms with van der Waals surface area (Å²) in [7, 11) is 3.71. The fourth-order valence-corrected chi connectivity index (χ4v) is 2.13. The molecule has 1 aromatic heterocycles. The van der Waals surface area contributed by atoms with E-state index in [9.17, 15) is 0 Å². The van der Waals surface area contributed by atoms with Crippen LogP contribution in [-0.4, -0.2) is 38.3 Å². The quantitative estimate of drug-likeness (QED) is 0.870. The van der Waals surface area contributed by atoms with Gasteiger partial charge in [0.05, 0.1) is 12.1 Å². The number of nitrogens with two attached hydrogens (primary N) is 1. The van der Waals surface area contributed by atoms with Crippen LogP contribution in [0.4, 0.5) is 5.69 Å². The molecule has 2 N–H and O–H groups in total. The van der Waals surface area contributed by atoms with Gasteiger partial charge in [0.1, 0.15) is 0 Å². The van der Waals surface area contributed by atoms with Crippen LogP contribution in [0.1, 0.15) is 0 Å². The summed E-state index contributed by atoms with van der Waals surface area (Å²) in [6, 6.07) is 10.1. The molecular weight excluding hydrogens is 226 g/mol. The SMILES string of the molecule is COCC(N)CN(C)c1ccnc2ccccc12. The van der Waals surface area contributed by atoms with Gasteiger partial charge in [0.2, 0.25) is 0 Å². The van der Waals surface area contributed by atoms with Crippen molar-refractivity contribution in [2.24, 2.45) is 5.73 Å². The Balaban J connectivity index is 2.24. The van der Waals surface area contributed by atoms with E-state index < -0.39 is 0 Å². The second kappa shape index (κ2) is 5.80. The highest BCUT2D eigenvalue weighted by Crippen LogP contribution is 2.23. The molecule has 0 aliphatic rings. The zero-order valence-electron chi connectivity index (χ0n) is 10.8. The molecule has 0 amide bonds. The number of hydrogen-bond acceptors (Lipinski definition) is 4. The van der Waals surface area contributed by atoms with Crippen LogP contribution in [0.15, 0.2) is 36.5 Å². The number of anilines is 1. The molecule has 2 rings (SSSR count). The standard InChI is InChI=1S/C14H19N3O/c1-17(9-11(15)10-18-2)14-7-8-16-13-6-4-3-5-12(13)14/h3-8,11H,9-10,15H2,1-2H3. The summed E-state index contributed by atoms with van der Waals surface area (Å²) < 4.78 is 5.06. The summed E-state index contributed by atoms with van der Waals surface area (Å²) in [5.74, 6) is 0. The number of aromatic nitrogens is 1. The number of pyridine rings is 1. The lowest BCUT2D eigenvalue weighted by Crippen LogP contribution is -2.38. The molecule has 0 spiro atoms. The van der Waals surface area contributed by atoms with Gasteiger partial charge in [-0.2, -0.15) is 0 Å². The van der Waals surface area contributed by atoms with Crippen molar-refractivity contribution >= 4 is 16.6 Å². The number of benzene rings is 1. The highest BCUT2D eigenvalue weighted by Gasteiger charge is 2.10. The summed E-state index contributed by atoms with van der Waals surface area (Å²) in [5.41, 5.74) is 8.13. The maximum atomic E-state index is 5.98. The van der Waals surface area contributed by atoms with Gasteiger partial charge in [-0.05, 0) is 12.1 Å². The lowest BCUT2D eigenvalue weighted by atomic mass is 10.1. The number of hydrogen-bond donors (Lipinski definition) is 1. The molecule has 1 heterocycles. The van der Waals surface area contributed by atoms with Crippen LogP contribution in [0.5, 0.6) is 0 Å². The number of nitrogens with zero attached hydrogens (tertiary/aromatic N) is 2. The average molecular weight is 245 g/mol. The molecule has 1 aromatic carbocycles. The Morgan fingerprint density at radius 1 is 1.33 bits per heavy atom. The Hall–Kier alpha value is -1.65. The normalized spacial score (nSPS) is 12.6. The van der Waals surface area contributed by atoms with Gasteiger partial charge in [0.25, 0.3) is 0 Å². The van der Waals surface area contributed by atoms with Crippen molar-refractivity contribution in [3.63, 3.8) is 0 Å². The molecule has 0 radical (unpaired) electrons. The van der Waals surface area contributed by atoms with Gasteiger partial charge in [-0.15, -0.1) is 0 Å². The summed E-state index contributed by atoms with van der Waals surface area (Å²) in [5, 5.41) is 1.15. The van der Waals surface area contributed by atoms with Crippen molar-refractivity contribution in [1.29, 1.82) is 0 Å². The third-order valence-electron chi connectivity index (χ3n) is 2.93. The largest absolute Gasteiger partial charge is 0.383 e. The monoisotopic (exact) mass is 245 g/mol. The van der Waals surface area contributed by atoms with Crippen LogP contribution in [-0.2, 0) is 4.74 Å². The Morgan fingerprint density at radius 3 is 2.89 bits per heavy atom. The smallest absolute Gasteiger partial charge is 0.0722 e. The van der Waals surface area contributed by atoms with Crippen LogP contribution < -0.4 is 10.6 Å². The minimum atomic E-state index is 0.00641. The topological polar surface area (TPSA) is 51.4 Å². The third kappa shape index (κ3) is 2.78. The first-order chi connectivity index (χ1) is 8.72. The van der Waals surface area contributed by atoms with Crippen LogP contribution in [0, 0.1) is 0 Å². The van der Waals surface area contributed by atoms with Crippen molar-refractivity contribution in [2.75, 3.05) is 32.2 Å². The highest BCUT2D eigenvalue weighted by atomic mass is 16.5. The van der Waals surface area contributed by atoms with E-state index in [1.54, 1.807) is 7.11 Å². The van der Waals surface area contributed by atoms with Crippen molar-refractivity contribution in [2.45, 2.75) is 6.04 Å². The molecule has 0 aliphatic carbocycles. The van der Waals surface area contributed by atoms with Crippen LogP contribution in [0.2, 0.25) is 0 Å². The van der Waals surface area contributed by atoms with E-state index in [0.29, 0.717) is 6.61 Å². The lowest BCUT2D eigenvalue weighted by molar-refractivity contribution is 0.182. The van der Waals surface area contributed by atoms with Crippen molar-refractivity contribution in [3.05, 3.63) is 36.5 Å². The van der Waals surface area contributed by atoms with Gasteiger partial charge in [0.15, 0.2) is 0 Å². The fourth-order valence-electron chi connectivity index (χ4n) is 2.13. The van der Waals surface area contributed by atoms with Gasteiger partial charge in [-0.25, -0.2) is 0 Å². The molecule has 4 heteroatoms. The van der Waals surface area contributed by atoms with Crippen LogP contribution in [0.3, 0.4) is 0 Å². The molecule has 0 saturated carbocycles. The second-order valence-corrected chi connectivity index (χ2v) is 4.44. The van der Waals surface area contributed by atoms with E-state index in [4.69, 9.17) is 10.5 Å². The first kappa shape index (κ1) is 12.8. The maximum absolute atomic E-state index is 5.98. The molecular formula is C14H19N3O. The fraction of sp³-hybridized carbons (Fsp3) is 0.357.